The predicted molar refractivity (Wildman–Crippen MR) is 80.8 cm³/mol. The molecule has 1 aliphatic heterocycles. The Labute approximate surface area is 127 Å². The van der Waals surface area contributed by atoms with Crippen molar-refractivity contribution in [1.29, 1.82) is 0 Å². The molecule has 1 aliphatic rings. The summed E-state index contributed by atoms with van der Waals surface area (Å²) in [5.74, 6) is 0. The smallest absolute Gasteiger partial charge is 0.343 e. The number of benzene rings is 1. The van der Waals surface area contributed by atoms with Gasteiger partial charge >= 0.3 is 6.18 Å². The maximum atomic E-state index is 13.3. The number of hydrogen-bond donors (Lipinski definition) is 1. The van der Waals surface area contributed by atoms with Crippen LogP contribution in [-0.2, 0) is 19.3 Å². The minimum absolute atomic E-state index is 0.308. The summed E-state index contributed by atoms with van der Waals surface area (Å²) in [6.07, 6.45) is -4.32. The van der Waals surface area contributed by atoms with Gasteiger partial charge in [-0.1, -0.05) is 12.1 Å². The fraction of sp³-hybridized carbons (Fsp3) is 0.500. The van der Waals surface area contributed by atoms with Crippen molar-refractivity contribution in [3.63, 3.8) is 0 Å². The van der Waals surface area contributed by atoms with Gasteiger partial charge < -0.3 is 9.88 Å². The van der Waals surface area contributed by atoms with Crippen LogP contribution in [0.15, 0.2) is 24.3 Å². The number of hydrogen-bond acceptors (Lipinski definition) is 2. The number of para-hydroxylation sites is 1. The Morgan fingerprint density at radius 1 is 1.18 bits per heavy atom. The maximum absolute atomic E-state index is 13.3. The summed E-state index contributed by atoms with van der Waals surface area (Å²) in [4.78, 5) is 2.28. The molecule has 22 heavy (non-hydrogen) atoms. The van der Waals surface area contributed by atoms with Crippen molar-refractivity contribution in [3.05, 3.63) is 35.5 Å². The van der Waals surface area contributed by atoms with E-state index in [1.165, 1.54) is 12.1 Å². The molecule has 0 spiro atoms. The first-order chi connectivity index (χ1) is 10.5. The minimum atomic E-state index is -4.32. The zero-order valence-electron chi connectivity index (χ0n) is 12.6. The monoisotopic (exact) mass is 311 g/mol. The number of nitrogens with zero attached hydrogens (tertiary/aromatic N) is 2. The molecule has 1 fully saturated rings. The summed E-state index contributed by atoms with van der Waals surface area (Å²) < 4.78 is 41.6. The second-order valence-electron chi connectivity index (χ2n) is 5.65. The molecule has 0 saturated carbocycles. The lowest BCUT2D eigenvalue weighted by Gasteiger charge is -2.27. The third kappa shape index (κ3) is 2.85. The van der Waals surface area contributed by atoms with E-state index in [0.29, 0.717) is 24.0 Å². The number of piperazine rings is 1. The highest BCUT2D eigenvalue weighted by molar-refractivity contribution is 5.85. The molecule has 3 nitrogen and oxygen atoms in total. The first-order valence-corrected chi connectivity index (χ1v) is 7.62. The highest BCUT2D eigenvalue weighted by Gasteiger charge is 2.34. The standard InChI is InChI=1S/C16H20F3N3/c1-2-22-13(11-21-8-6-20-7-9-21)10-12-4-3-5-14(15(12)22)16(17,18)19/h3-5,10,20H,2,6-9,11H2,1H3. The van der Waals surface area contributed by atoms with Crippen LogP contribution in [0.25, 0.3) is 10.9 Å². The van der Waals surface area contributed by atoms with E-state index in [4.69, 9.17) is 0 Å². The SMILES string of the molecule is CCn1c(CN2CCNCC2)cc2cccc(C(F)(F)F)c21. The quantitative estimate of drug-likeness (QED) is 0.940. The Morgan fingerprint density at radius 3 is 2.55 bits per heavy atom. The summed E-state index contributed by atoms with van der Waals surface area (Å²) in [7, 11) is 0. The van der Waals surface area contributed by atoms with Crippen molar-refractivity contribution in [2.45, 2.75) is 26.2 Å². The molecule has 0 radical (unpaired) electrons. The fourth-order valence-electron chi connectivity index (χ4n) is 3.20. The van der Waals surface area contributed by atoms with E-state index >= 15 is 0 Å². The summed E-state index contributed by atoms with van der Waals surface area (Å²) in [5, 5.41) is 3.96. The Bertz CT molecular complexity index is 654. The van der Waals surface area contributed by atoms with Crippen molar-refractivity contribution < 1.29 is 13.2 Å². The van der Waals surface area contributed by atoms with Gasteiger partial charge in [0.05, 0.1) is 11.1 Å². The average molecular weight is 311 g/mol. The van der Waals surface area contributed by atoms with Gasteiger partial charge in [-0.25, -0.2) is 0 Å². The van der Waals surface area contributed by atoms with E-state index in [1.54, 1.807) is 10.6 Å². The van der Waals surface area contributed by atoms with Crippen molar-refractivity contribution in [3.8, 4) is 0 Å². The van der Waals surface area contributed by atoms with Crippen molar-refractivity contribution >= 4 is 10.9 Å². The number of fused-ring (bicyclic) bond motifs is 1. The first kappa shape index (κ1) is 15.4. The van der Waals surface area contributed by atoms with Gasteiger partial charge in [0.15, 0.2) is 0 Å². The Morgan fingerprint density at radius 2 is 1.91 bits per heavy atom. The second-order valence-corrected chi connectivity index (χ2v) is 5.65. The van der Waals surface area contributed by atoms with Crippen molar-refractivity contribution in [2.24, 2.45) is 0 Å². The molecule has 120 valence electrons. The van der Waals surface area contributed by atoms with Crippen molar-refractivity contribution in [2.75, 3.05) is 26.2 Å². The molecule has 6 heteroatoms. The Kier molecular flexibility index (Phi) is 4.14. The molecule has 0 aliphatic carbocycles. The molecule has 1 N–H and O–H groups in total. The van der Waals surface area contributed by atoms with Crippen LogP contribution in [0.2, 0.25) is 0 Å². The van der Waals surface area contributed by atoms with Crippen LogP contribution in [0, 0.1) is 0 Å². The third-order valence-corrected chi connectivity index (χ3v) is 4.22. The van der Waals surface area contributed by atoms with Gasteiger partial charge in [-0.3, -0.25) is 4.90 Å². The fourth-order valence-corrected chi connectivity index (χ4v) is 3.20. The number of alkyl halides is 3. The van der Waals surface area contributed by atoms with E-state index in [1.807, 2.05) is 13.0 Å². The highest BCUT2D eigenvalue weighted by atomic mass is 19.4. The number of rotatable bonds is 3. The number of halogens is 3. The predicted octanol–water partition coefficient (Wildman–Crippen LogP) is 3.09. The summed E-state index contributed by atoms with van der Waals surface area (Å²) in [6, 6.07) is 6.32. The lowest BCUT2D eigenvalue weighted by atomic mass is 10.1. The normalized spacial score (nSPS) is 17.3. The second kappa shape index (κ2) is 5.93. The molecule has 0 bridgehead atoms. The topological polar surface area (TPSA) is 20.2 Å². The van der Waals surface area contributed by atoms with Crippen LogP contribution in [-0.4, -0.2) is 35.6 Å². The van der Waals surface area contributed by atoms with Crippen molar-refractivity contribution in [1.82, 2.24) is 14.8 Å². The lowest BCUT2D eigenvalue weighted by molar-refractivity contribution is -0.136. The molecule has 0 atom stereocenters. The lowest BCUT2D eigenvalue weighted by Crippen LogP contribution is -2.43. The zero-order valence-corrected chi connectivity index (χ0v) is 12.6. The molecule has 0 amide bonds. The number of aromatic nitrogens is 1. The van der Waals surface area contributed by atoms with Gasteiger partial charge in [0.1, 0.15) is 0 Å². The molecule has 0 unspecified atom stereocenters. The Balaban J connectivity index is 2.04. The van der Waals surface area contributed by atoms with E-state index in [-0.39, 0.29) is 0 Å². The van der Waals surface area contributed by atoms with Gasteiger partial charge in [0, 0.05) is 50.3 Å². The zero-order chi connectivity index (χ0) is 15.7. The third-order valence-electron chi connectivity index (χ3n) is 4.22. The first-order valence-electron chi connectivity index (χ1n) is 7.62. The number of nitrogens with one attached hydrogen (secondary N) is 1. The molecular formula is C16H20F3N3. The van der Waals surface area contributed by atoms with Crippen LogP contribution in [0.3, 0.4) is 0 Å². The molecule has 1 aromatic carbocycles. The molecule has 3 rings (SSSR count). The summed E-state index contributed by atoms with van der Waals surface area (Å²) in [5.41, 5.74) is 0.720. The Hall–Kier alpha value is -1.53. The van der Waals surface area contributed by atoms with Gasteiger partial charge in [-0.05, 0) is 19.1 Å². The van der Waals surface area contributed by atoms with E-state index < -0.39 is 11.7 Å². The molecule has 2 aromatic rings. The van der Waals surface area contributed by atoms with E-state index in [0.717, 1.165) is 31.9 Å². The maximum Gasteiger partial charge on any atom is 0.418 e. The molecule has 1 saturated heterocycles. The van der Waals surface area contributed by atoms with Crippen LogP contribution >= 0.6 is 0 Å². The van der Waals surface area contributed by atoms with Gasteiger partial charge in [0.2, 0.25) is 0 Å². The van der Waals surface area contributed by atoms with Gasteiger partial charge in [0.25, 0.3) is 0 Å². The van der Waals surface area contributed by atoms with Gasteiger partial charge in [-0.15, -0.1) is 0 Å². The van der Waals surface area contributed by atoms with E-state index in [2.05, 4.69) is 10.2 Å². The minimum Gasteiger partial charge on any atom is -0.343 e. The van der Waals surface area contributed by atoms with Gasteiger partial charge in [-0.2, -0.15) is 13.2 Å². The number of aryl methyl sites for hydroxylation is 1. The van der Waals surface area contributed by atoms with Crippen LogP contribution < -0.4 is 5.32 Å². The average Bonchev–Trinajstić information content (AvgIpc) is 2.84. The molecule has 1 aromatic heterocycles. The van der Waals surface area contributed by atoms with Crippen LogP contribution in [0.5, 0.6) is 0 Å². The van der Waals surface area contributed by atoms with Crippen LogP contribution in [0.4, 0.5) is 13.2 Å². The summed E-state index contributed by atoms with van der Waals surface area (Å²) in [6.45, 7) is 6.85. The molecular weight excluding hydrogens is 291 g/mol. The van der Waals surface area contributed by atoms with Crippen LogP contribution in [0.1, 0.15) is 18.2 Å². The summed E-state index contributed by atoms with van der Waals surface area (Å²) >= 11 is 0. The molecule has 2 heterocycles. The largest absolute Gasteiger partial charge is 0.418 e. The van der Waals surface area contributed by atoms with E-state index in [9.17, 15) is 13.2 Å². The highest BCUT2D eigenvalue weighted by Crippen LogP contribution is 2.36.